The molecule has 0 saturated carbocycles. The second kappa shape index (κ2) is 7.88. The number of likely N-dealkylation sites (N-methyl/N-ethyl adjacent to an activating group) is 1. The van der Waals surface area contributed by atoms with E-state index in [0.29, 0.717) is 0 Å². The van der Waals surface area contributed by atoms with E-state index >= 15 is 0 Å². The average Bonchev–Trinajstić information content (AvgIpc) is 2.50. The Hall–Kier alpha value is -1.75. The fourth-order valence-electron chi connectivity index (χ4n) is 2.16. The molecule has 0 aliphatic heterocycles. The Bertz CT molecular complexity index is 447. The fraction of sp³-hybridized carbons (Fsp3) is 0.562. The number of hydrogen-bond donors (Lipinski definition) is 2. The summed E-state index contributed by atoms with van der Waals surface area (Å²) < 4.78 is 5.15. The van der Waals surface area contributed by atoms with Crippen molar-refractivity contribution in [3.8, 4) is 5.75 Å². The Labute approximate surface area is 127 Å². The number of amides is 1. The number of hydrogen-bond acceptors (Lipinski definition) is 4. The summed E-state index contributed by atoms with van der Waals surface area (Å²) in [5.74, 6) is 0.562. The summed E-state index contributed by atoms with van der Waals surface area (Å²) in [5, 5.41) is 3.01. The predicted octanol–water partition coefficient (Wildman–Crippen LogP) is 1.77. The topological polar surface area (TPSA) is 67.6 Å². The van der Waals surface area contributed by atoms with Gasteiger partial charge in [0.2, 0.25) is 5.91 Å². The summed E-state index contributed by atoms with van der Waals surface area (Å²) >= 11 is 0. The van der Waals surface area contributed by atoms with Crippen LogP contribution in [0.3, 0.4) is 0 Å². The standard InChI is InChI=1S/C16H27N3O2/c1-16(18-2,15(17)20)11-5-6-12-19(3)13-7-9-14(21-4)10-8-13/h7-10,18H,5-6,11-12H2,1-4H3,(H2,17,20). The van der Waals surface area contributed by atoms with Crippen LogP contribution in [-0.4, -0.2) is 39.2 Å². The highest BCUT2D eigenvalue weighted by molar-refractivity contribution is 5.84. The smallest absolute Gasteiger partial charge is 0.237 e. The minimum absolute atomic E-state index is 0.298. The van der Waals surface area contributed by atoms with Crippen molar-refractivity contribution in [1.82, 2.24) is 5.32 Å². The maximum Gasteiger partial charge on any atom is 0.237 e. The van der Waals surface area contributed by atoms with Gasteiger partial charge in [-0.2, -0.15) is 0 Å². The largest absolute Gasteiger partial charge is 0.497 e. The van der Waals surface area contributed by atoms with Crippen LogP contribution in [0.4, 0.5) is 5.69 Å². The van der Waals surface area contributed by atoms with Gasteiger partial charge >= 0.3 is 0 Å². The maximum atomic E-state index is 11.4. The van der Waals surface area contributed by atoms with Crippen LogP contribution in [0.2, 0.25) is 0 Å². The summed E-state index contributed by atoms with van der Waals surface area (Å²) in [7, 11) is 5.50. The van der Waals surface area contributed by atoms with Gasteiger partial charge in [0.15, 0.2) is 0 Å². The highest BCUT2D eigenvalue weighted by Gasteiger charge is 2.27. The molecule has 5 nitrogen and oxygen atoms in total. The number of carbonyl (C=O) groups excluding carboxylic acids is 1. The third kappa shape index (κ3) is 4.93. The molecule has 0 saturated heterocycles. The van der Waals surface area contributed by atoms with Crippen molar-refractivity contribution < 1.29 is 9.53 Å². The average molecular weight is 293 g/mol. The molecule has 1 aromatic carbocycles. The zero-order valence-corrected chi connectivity index (χ0v) is 13.5. The molecule has 1 unspecified atom stereocenters. The molecule has 1 amide bonds. The van der Waals surface area contributed by atoms with Crippen LogP contribution < -0.4 is 20.7 Å². The fourth-order valence-corrected chi connectivity index (χ4v) is 2.16. The van der Waals surface area contributed by atoms with E-state index in [1.807, 2.05) is 31.2 Å². The molecule has 1 aromatic rings. The number of unbranched alkanes of at least 4 members (excludes halogenated alkanes) is 1. The van der Waals surface area contributed by atoms with E-state index in [1.165, 1.54) is 0 Å². The van der Waals surface area contributed by atoms with Gasteiger partial charge in [0, 0.05) is 19.3 Å². The molecular formula is C16H27N3O2. The second-order valence-electron chi connectivity index (χ2n) is 5.52. The Balaban J connectivity index is 2.39. The van der Waals surface area contributed by atoms with Gasteiger partial charge in [0.05, 0.1) is 12.6 Å². The molecule has 0 heterocycles. The summed E-state index contributed by atoms with van der Waals surface area (Å²) in [4.78, 5) is 13.6. The van der Waals surface area contributed by atoms with Crippen LogP contribution in [0, 0.1) is 0 Å². The molecule has 1 rings (SSSR count). The first kappa shape index (κ1) is 17.3. The van der Waals surface area contributed by atoms with Gasteiger partial charge in [0.1, 0.15) is 5.75 Å². The number of ether oxygens (including phenoxy) is 1. The van der Waals surface area contributed by atoms with Crippen LogP contribution in [-0.2, 0) is 4.79 Å². The zero-order chi connectivity index (χ0) is 15.9. The van der Waals surface area contributed by atoms with Crippen molar-refractivity contribution in [3.05, 3.63) is 24.3 Å². The molecule has 5 heteroatoms. The molecular weight excluding hydrogens is 266 g/mol. The third-order valence-electron chi connectivity index (χ3n) is 4.03. The molecule has 0 fully saturated rings. The SMILES string of the molecule is CNC(C)(CCCCN(C)c1ccc(OC)cc1)C(N)=O. The normalized spacial score (nSPS) is 13.5. The lowest BCUT2D eigenvalue weighted by atomic mass is 9.94. The van der Waals surface area contributed by atoms with E-state index in [9.17, 15) is 4.79 Å². The number of anilines is 1. The Morgan fingerprint density at radius 2 is 1.95 bits per heavy atom. The van der Waals surface area contributed by atoms with Gasteiger partial charge in [0.25, 0.3) is 0 Å². The summed E-state index contributed by atoms with van der Waals surface area (Å²) in [6.45, 7) is 2.79. The van der Waals surface area contributed by atoms with E-state index in [1.54, 1.807) is 14.2 Å². The number of benzene rings is 1. The number of methoxy groups -OCH3 is 1. The highest BCUT2D eigenvalue weighted by Crippen LogP contribution is 2.19. The lowest BCUT2D eigenvalue weighted by Gasteiger charge is -2.26. The zero-order valence-electron chi connectivity index (χ0n) is 13.5. The first-order chi connectivity index (χ1) is 9.92. The Morgan fingerprint density at radius 3 is 2.43 bits per heavy atom. The van der Waals surface area contributed by atoms with Crippen molar-refractivity contribution in [2.24, 2.45) is 5.73 Å². The second-order valence-corrected chi connectivity index (χ2v) is 5.52. The minimum atomic E-state index is -0.612. The maximum absolute atomic E-state index is 11.4. The Kier molecular flexibility index (Phi) is 6.49. The highest BCUT2D eigenvalue weighted by atomic mass is 16.5. The lowest BCUT2D eigenvalue weighted by molar-refractivity contribution is -0.123. The van der Waals surface area contributed by atoms with Crippen LogP contribution in [0.15, 0.2) is 24.3 Å². The first-order valence-electron chi connectivity index (χ1n) is 7.27. The molecule has 3 N–H and O–H groups in total. The first-order valence-corrected chi connectivity index (χ1v) is 7.27. The number of nitrogens with zero attached hydrogens (tertiary/aromatic N) is 1. The summed E-state index contributed by atoms with van der Waals surface area (Å²) in [5.41, 5.74) is 5.96. The van der Waals surface area contributed by atoms with Crippen LogP contribution in [0.1, 0.15) is 26.2 Å². The number of carbonyl (C=O) groups is 1. The quantitative estimate of drug-likeness (QED) is 0.681. The summed E-state index contributed by atoms with van der Waals surface area (Å²) in [6.07, 6.45) is 2.70. The van der Waals surface area contributed by atoms with Gasteiger partial charge in [-0.15, -0.1) is 0 Å². The van der Waals surface area contributed by atoms with E-state index in [-0.39, 0.29) is 5.91 Å². The van der Waals surface area contributed by atoms with Gasteiger partial charge < -0.3 is 20.7 Å². The molecule has 21 heavy (non-hydrogen) atoms. The summed E-state index contributed by atoms with van der Waals surface area (Å²) in [6, 6.07) is 7.99. The Morgan fingerprint density at radius 1 is 1.33 bits per heavy atom. The predicted molar refractivity (Wildman–Crippen MR) is 86.8 cm³/mol. The minimum Gasteiger partial charge on any atom is -0.497 e. The molecule has 0 aromatic heterocycles. The third-order valence-corrected chi connectivity index (χ3v) is 4.03. The van der Waals surface area contributed by atoms with Gasteiger partial charge in [-0.05, 0) is 57.5 Å². The molecule has 0 aliphatic rings. The van der Waals surface area contributed by atoms with E-state index < -0.39 is 5.54 Å². The number of nitrogens with two attached hydrogens (primary N) is 1. The van der Waals surface area contributed by atoms with Gasteiger partial charge in [-0.25, -0.2) is 0 Å². The van der Waals surface area contributed by atoms with E-state index in [4.69, 9.17) is 10.5 Å². The van der Waals surface area contributed by atoms with Crippen molar-refractivity contribution in [2.45, 2.75) is 31.7 Å². The molecule has 0 aliphatic carbocycles. The van der Waals surface area contributed by atoms with Crippen molar-refractivity contribution >= 4 is 11.6 Å². The molecule has 0 spiro atoms. The van der Waals surface area contributed by atoms with Crippen LogP contribution >= 0.6 is 0 Å². The van der Waals surface area contributed by atoms with Gasteiger partial charge in [-0.1, -0.05) is 0 Å². The molecule has 0 bridgehead atoms. The molecule has 118 valence electrons. The van der Waals surface area contributed by atoms with Crippen molar-refractivity contribution in [3.63, 3.8) is 0 Å². The van der Waals surface area contributed by atoms with Crippen LogP contribution in [0.5, 0.6) is 5.75 Å². The number of nitrogens with one attached hydrogen (secondary N) is 1. The van der Waals surface area contributed by atoms with Gasteiger partial charge in [-0.3, -0.25) is 4.79 Å². The van der Waals surface area contributed by atoms with Crippen molar-refractivity contribution in [1.29, 1.82) is 0 Å². The molecule has 0 radical (unpaired) electrons. The monoisotopic (exact) mass is 293 g/mol. The number of rotatable bonds is 9. The molecule has 1 atom stereocenters. The van der Waals surface area contributed by atoms with Crippen LogP contribution in [0.25, 0.3) is 0 Å². The van der Waals surface area contributed by atoms with E-state index in [2.05, 4.69) is 17.3 Å². The van der Waals surface area contributed by atoms with E-state index in [0.717, 1.165) is 37.2 Å². The number of primary amides is 1. The lowest BCUT2D eigenvalue weighted by Crippen LogP contribution is -2.51. The van der Waals surface area contributed by atoms with Crippen molar-refractivity contribution in [2.75, 3.05) is 32.6 Å².